The van der Waals surface area contributed by atoms with Crippen molar-refractivity contribution in [3.8, 4) is 0 Å². The Bertz CT molecular complexity index is 317. The third-order valence-electron chi connectivity index (χ3n) is 2.01. The second kappa shape index (κ2) is 3.08. The molecule has 1 saturated carbocycles. The van der Waals surface area contributed by atoms with E-state index in [4.69, 9.17) is 5.11 Å². The number of hydrogen-bond donors (Lipinski definition) is 2. The van der Waals surface area contributed by atoms with E-state index in [1.807, 2.05) is 10.8 Å². The van der Waals surface area contributed by atoms with E-state index in [-0.39, 0.29) is 6.54 Å². The number of imidazole rings is 1. The smallest absolute Gasteiger partial charge is 0.322 e. The largest absolute Gasteiger partial charge is 0.480 e. The molecule has 1 aromatic heterocycles. The highest BCUT2D eigenvalue weighted by Gasteiger charge is 2.25. The summed E-state index contributed by atoms with van der Waals surface area (Å²) in [5.41, 5.74) is 0. The predicted molar refractivity (Wildman–Crippen MR) is 46.6 cm³/mol. The van der Waals surface area contributed by atoms with E-state index in [1.54, 1.807) is 6.20 Å². The van der Waals surface area contributed by atoms with Crippen molar-refractivity contribution in [2.75, 3.05) is 11.9 Å². The van der Waals surface area contributed by atoms with Gasteiger partial charge in [-0.15, -0.1) is 0 Å². The quantitative estimate of drug-likeness (QED) is 0.718. The van der Waals surface area contributed by atoms with Crippen molar-refractivity contribution < 1.29 is 9.90 Å². The molecule has 0 radical (unpaired) electrons. The zero-order chi connectivity index (χ0) is 9.26. The Kier molecular flexibility index (Phi) is 1.92. The van der Waals surface area contributed by atoms with Crippen LogP contribution in [0.3, 0.4) is 0 Å². The molecule has 1 aliphatic carbocycles. The van der Waals surface area contributed by atoms with Crippen LogP contribution in [0.4, 0.5) is 5.95 Å². The van der Waals surface area contributed by atoms with Gasteiger partial charge in [0.05, 0.1) is 0 Å². The lowest BCUT2D eigenvalue weighted by molar-refractivity contribution is -0.134. The van der Waals surface area contributed by atoms with Crippen molar-refractivity contribution in [2.24, 2.45) is 0 Å². The second-order valence-corrected chi connectivity index (χ2v) is 3.14. The zero-order valence-corrected chi connectivity index (χ0v) is 7.10. The van der Waals surface area contributed by atoms with Crippen LogP contribution in [0, 0.1) is 0 Å². The number of carbonyl (C=O) groups is 1. The lowest BCUT2D eigenvalue weighted by Gasteiger charge is -2.05. The van der Waals surface area contributed by atoms with Gasteiger partial charge in [0.15, 0.2) is 0 Å². The molecule has 1 aromatic rings. The van der Waals surface area contributed by atoms with Crippen molar-refractivity contribution in [3.05, 3.63) is 12.4 Å². The summed E-state index contributed by atoms with van der Waals surface area (Å²) in [6, 6.07) is 0.527. The van der Waals surface area contributed by atoms with Gasteiger partial charge in [0.25, 0.3) is 0 Å². The average molecular weight is 181 g/mol. The van der Waals surface area contributed by atoms with Crippen LogP contribution in [0.1, 0.15) is 18.9 Å². The molecule has 5 heteroatoms. The number of nitrogens with one attached hydrogen (secondary N) is 1. The molecule has 2 N–H and O–H groups in total. The van der Waals surface area contributed by atoms with Crippen LogP contribution in [0.25, 0.3) is 0 Å². The number of aromatic nitrogens is 2. The highest BCUT2D eigenvalue weighted by Crippen LogP contribution is 2.36. The SMILES string of the molecule is O=C(O)CNc1nccn1C1CC1. The highest BCUT2D eigenvalue weighted by atomic mass is 16.4. The van der Waals surface area contributed by atoms with Crippen molar-refractivity contribution in [1.82, 2.24) is 9.55 Å². The van der Waals surface area contributed by atoms with E-state index >= 15 is 0 Å². The maximum Gasteiger partial charge on any atom is 0.322 e. The Labute approximate surface area is 75.4 Å². The van der Waals surface area contributed by atoms with Gasteiger partial charge >= 0.3 is 5.97 Å². The van der Waals surface area contributed by atoms with Crippen molar-refractivity contribution >= 4 is 11.9 Å². The minimum Gasteiger partial charge on any atom is -0.480 e. The van der Waals surface area contributed by atoms with Crippen LogP contribution < -0.4 is 5.32 Å². The molecule has 5 nitrogen and oxygen atoms in total. The van der Waals surface area contributed by atoms with Gasteiger partial charge in [-0.05, 0) is 12.8 Å². The Morgan fingerprint density at radius 3 is 3.15 bits per heavy atom. The lowest BCUT2D eigenvalue weighted by atomic mass is 10.6. The summed E-state index contributed by atoms with van der Waals surface area (Å²) < 4.78 is 1.99. The third-order valence-corrected chi connectivity index (χ3v) is 2.01. The molecule has 0 spiro atoms. The summed E-state index contributed by atoms with van der Waals surface area (Å²) in [7, 11) is 0. The van der Waals surface area contributed by atoms with Gasteiger partial charge < -0.3 is 15.0 Å². The number of carboxylic acids is 1. The van der Waals surface area contributed by atoms with Crippen molar-refractivity contribution in [2.45, 2.75) is 18.9 Å². The first-order chi connectivity index (χ1) is 6.27. The molecule has 1 aliphatic rings. The third kappa shape index (κ3) is 1.80. The first-order valence-corrected chi connectivity index (χ1v) is 4.26. The summed E-state index contributed by atoms with van der Waals surface area (Å²) in [6.07, 6.45) is 5.89. The molecule has 0 atom stereocenters. The molecular formula is C8H11N3O2. The zero-order valence-electron chi connectivity index (χ0n) is 7.10. The van der Waals surface area contributed by atoms with E-state index in [9.17, 15) is 4.79 Å². The number of rotatable bonds is 4. The van der Waals surface area contributed by atoms with Gasteiger partial charge in [-0.2, -0.15) is 0 Å². The van der Waals surface area contributed by atoms with E-state index in [0.29, 0.717) is 12.0 Å². The molecule has 70 valence electrons. The summed E-state index contributed by atoms with van der Waals surface area (Å²) in [5, 5.41) is 11.2. The van der Waals surface area contributed by atoms with Gasteiger partial charge in [-0.25, -0.2) is 4.98 Å². The Morgan fingerprint density at radius 1 is 1.77 bits per heavy atom. The molecular weight excluding hydrogens is 170 g/mol. The highest BCUT2D eigenvalue weighted by molar-refractivity contribution is 5.71. The summed E-state index contributed by atoms with van der Waals surface area (Å²) in [5.74, 6) is -0.213. The molecule has 1 heterocycles. The number of carboxylic acid groups (broad SMARTS) is 1. The molecule has 0 aliphatic heterocycles. The maximum atomic E-state index is 10.3. The van der Waals surface area contributed by atoms with Crippen LogP contribution in [-0.4, -0.2) is 27.2 Å². The minimum absolute atomic E-state index is 0.0796. The van der Waals surface area contributed by atoms with Gasteiger partial charge in [-0.3, -0.25) is 4.79 Å². The van der Waals surface area contributed by atoms with Gasteiger partial charge in [-0.1, -0.05) is 0 Å². The normalized spacial score (nSPS) is 15.7. The number of aliphatic carboxylic acids is 1. The minimum atomic E-state index is -0.870. The lowest BCUT2D eigenvalue weighted by Crippen LogP contribution is -2.15. The van der Waals surface area contributed by atoms with E-state index in [1.165, 1.54) is 0 Å². The average Bonchev–Trinajstić information content (AvgIpc) is 2.82. The Balaban J connectivity index is 2.02. The van der Waals surface area contributed by atoms with Crippen molar-refractivity contribution in [1.29, 1.82) is 0 Å². The standard InChI is InChI=1S/C8H11N3O2/c12-7(13)5-10-8-9-3-4-11(8)6-1-2-6/h3-4,6H,1-2,5H2,(H,9,10)(H,12,13). The van der Waals surface area contributed by atoms with E-state index in [2.05, 4.69) is 10.3 Å². The fraction of sp³-hybridized carbons (Fsp3) is 0.500. The fourth-order valence-electron chi connectivity index (χ4n) is 1.25. The number of anilines is 1. The van der Waals surface area contributed by atoms with Gasteiger partial charge in [0.2, 0.25) is 5.95 Å². The molecule has 0 aromatic carbocycles. The molecule has 13 heavy (non-hydrogen) atoms. The van der Waals surface area contributed by atoms with Gasteiger partial charge in [0.1, 0.15) is 6.54 Å². The topological polar surface area (TPSA) is 67.2 Å². The second-order valence-electron chi connectivity index (χ2n) is 3.14. The van der Waals surface area contributed by atoms with Crippen LogP contribution in [0.15, 0.2) is 12.4 Å². The summed E-state index contributed by atoms with van der Waals surface area (Å²) in [4.78, 5) is 14.3. The van der Waals surface area contributed by atoms with E-state index in [0.717, 1.165) is 12.8 Å². The summed E-state index contributed by atoms with van der Waals surface area (Å²) >= 11 is 0. The first kappa shape index (κ1) is 8.10. The number of hydrogen-bond acceptors (Lipinski definition) is 3. The maximum absolute atomic E-state index is 10.3. The van der Waals surface area contributed by atoms with Crippen LogP contribution >= 0.6 is 0 Å². The van der Waals surface area contributed by atoms with Crippen LogP contribution in [-0.2, 0) is 4.79 Å². The fourth-order valence-corrected chi connectivity index (χ4v) is 1.25. The summed E-state index contributed by atoms with van der Waals surface area (Å²) in [6.45, 7) is -0.0796. The first-order valence-electron chi connectivity index (χ1n) is 4.26. The predicted octanol–water partition coefficient (Wildman–Crippen LogP) is 0.714. The molecule has 0 amide bonds. The van der Waals surface area contributed by atoms with Gasteiger partial charge in [0, 0.05) is 18.4 Å². The monoisotopic (exact) mass is 181 g/mol. The van der Waals surface area contributed by atoms with E-state index < -0.39 is 5.97 Å². The Hall–Kier alpha value is -1.52. The molecule has 2 rings (SSSR count). The van der Waals surface area contributed by atoms with Crippen molar-refractivity contribution in [3.63, 3.8) is 0 Å². The molecule has 1 fully saturated rings. The van der Waals surface area contributed by atoms with Crippen LogP contribution in [0.2, 0.25) is 0 Å². The molecule has 0 unspecified atom stereocenters. The van der Waals surface area contributed by atoms with Crippen LogP contribution in [0.5, 0.6) is 0 Å². The molecule has 0 bridgehead atoms. The Morgan fingerprint density at radius 2 is 2.54 bits per heavy atom. The number of nitrogens with zero attached hydrogens (tertiary/aromatic N) is 2. The molecule has 0 saturated heterocycles.